The van der Waals surface area contributed by atoms with Crippen molar-refractivity contribution in [2.45, 2.75) is 19.1 Å². The van der Waals surface area contributed by atoms with E-state index in [0.29, 0.717) is 32.7 Å². The molecule has 0 spiro atoms. The van der Waals surface area contributed by atoms with E-state index in [1.165, 1.54) is 0 Å². The van der Waals surface area contributed by atoms with Crippen LogP contribution in [0.25, 0.3) is 0 Å². The van der Waals surface area contributed by atoms with E-state index in [0.717, 1.165) is 12.1 Å². The van der Waals surface area contributed by atoms with Crippen LogP contribution < -0.4 is 0 Å². The van der Waals surface area contributed by atoms with Crippen LogP contribution in [0, 0.1) is 5.92 Å². The van der Waals surface area contributed by atoms with E-state index >= 15 is 0 Å². The van der Waals surface area contributed by atoms with E-state index in [4.69, 9.17) is 9.84 Å². The second-order valence-corrected chi connectivity index (χ2v) is 5.14. The standard InChI is InChI=1S/C15H21NO4/c17-14-10-16(7-6-13(14)15(18)19)8-9-20-11-12-4-2-1-3-5-12/h1-5,13-14,17H,6-11H2,(H,18,19)/t13-,14+/m0/s1. The molecule has 1 aliphatic rings. The van der Waals surface area contributed by atoms with Crippen LogP contribution in [0.1, 0.15) is 12.0 Å². The van der Waals surface area contributed by atoms with Gasteiger partial charge in [0.05, 0.1) is 25.2 Å². The minimum Gasteiger partial charge on any atom is -0.481 e. The lowest BCUT2D eigenvalue weighted by molar-refractivity contribution is -0.148. The topological polar surface area (TPSA) is 70.0 Å². The first-order valence-corrected chi connectivity index (χ1v) is 6.91. The number of aliphatic hydroxyl groups excluding tert-OH is 1. The van der Waals surface area contributed by atoms with Gasteiger partial charge in [0.2, 0.25) is 0 Å². The summed E-state index contributed by atoms with van der Waals surface area (Å²) in [5.74, 6) is -1.53. The van der Waals surface area contributed by atoms with Crippen LogP contribution >= 0.6 is 0 Å². The minimum absolute atomic E-state index is 0.408. The fourth-order valence-electron chi connectivity index (χ4n) is 2.45. The number of hydrogen-bond acceptors (Lipinski definition) is 4. The first-order valence-electron chi connectivity index (χ1n) is 6.91. The van der Waals surface area contributed by atoms with Gasteiger partial charge in [-0.15, -0.1) is 0 Å². The molecule has 0 aromatic heterocycles. The summed E-state index contributed by atoms with van der Waals surface area (Å²) in [7, 11) is 0. The van der Waals surface area contributed by atoms with Crippen molar-refractivity contribution in [3.63, 3.8) is 0 Å². The number of carbonyl (C=O) groups is 1. The zero-order chi connectivity index (χ0) is 14.4. The molecule has 1 aromatic rings. The molecule has 0 amide bonds. The van der Waals surface area contributed by atoms with Gasteiger partial charge in [0, 0.05) is 13.1 Å². The average molecular weight is 279 g/mol. The van der Waals surface area contributed by atoms with Crippen molar-refractivity contribution in [1.29, 1.82) is 0 Å². The predicted molar refractivity (Wildman–Crippen MR) is 74.3 cm³/mol. The molecule has 20 heavy (non-hydrogen) atoms. The number of β-amino-alcohol motifs (C(OH)–C–C–N with tert-alkyl or cyclic N) is 1. The summed E-state index contributed by atoms with van der Waals surface area (Å²) in [6.07, 6.45) is -0.287. The van der Waals surface area contributed by atoms with Crippen molar-refractivity contribution in [3.05, 3.63) is 35.9 Å². The molecule has 0 unspecified atom stereocenters. The van der Waals surface area contributed by atoms with E-state index in [9.17, 15) is 9.90 Å². The van der Waals surface area contributed by atoms with Gasteiger partial charge in [0.15, 0.2) is 0 Å². The molecule has 1 aliphatic heterocycles. The number of carboxylic acid groups (broad SMARTS) is 1. The number of likely N-dealkylation sites (tertiary alicyclic amines) is 1. The Hall–Kier alpha value is -1.43. The fourth-order valence-corrected chi connectivity index (χ4v) is 2.45. The van der Waals surface area contributed by atoms with E-state index in [1.54, 1.807) is 0 Å². The van der Waals surface area contributed by atoms with Crippen LogP contribution in [0.4, 0.5) is 0 Å². The molecule has 5 heteroatoms. The predicted octanol–water partition coefficient (Wildman–Crippen LogP) is 0.971. The molecule has 0 radical (unpaired) electrons. The van der Waals surface area contributed by atoms with Crippen LogP contribution in [0.2, 0.25) is 0 Å². The lowest BCUT2D eigenvalue weighted by atomic mass is 9.94. The Morgan fingerprint density at radius 1 is 1.35 bits per heavy atom. The van der Waals surface area contributed by atoms with E-state index < -0.39 is 18.0 Å². The van der Waals surface area contributed by atoms with Crippen LogP contribution in [-0.4, -0.2) is 53.4 Å². The maximum Gasteiger partial charge on any atom is 0.309 e. The highest BCUT2D eigenvalue weighted by atomic mass is 16.5. The van der Waals surface area contributed by atoms with Gasteiger partial charge in [0.1, 0.15) is 0 Å². The van der Waals surface area contributed by atoms with E-state index in [-0.39, 0.29) is 0 Å². The summed E-state index contributed by atoms with van der Waals surface area (Å²) in [6, 6.07) is 9.96. The van der Waals surface area contributed by atoms with Gasteiger partial charge in [0.25, 0.3) is 0 Å². The zero-order valence-corrected chi connectivity index (χ0v) is 11.4. The highest BCUT2D eigenvalue weighted by Crippen LogP contribution is 2.17. The minimum atomic E-state index is -0.905. The molecule has 5 nitrogen and oxygen atoms in total. The Kier molecular flexibility index (Phi) is 5.52. The molecule has 2 rings (SSSR count). The van der Waals surface area contributed by atoms with Crippen molar-refractivity contribution in [1.82, 2.24) is 4.90 Å². The smallest absolute Gasteiger partial charge is 0.309 e. The number of aliphatic carboxylic acids is 1. The lowest BCUT2D eigenvalue weighted by Gasteiger charge is -2.33. The second-order valence-electron chi connectivity index (χ2n) is 5.14. The van der Waals surface area contributed by atoms with Gasteiger partial charge < -0.3 is 14.9 Å². The van der Waals surface area contributed by atoms with Crippen molar-refractivity contribution in [3.8, 4) is 0 Å². The second kappa shape index (κ2) is 7.38. The number of nitrogens with zero attached hydrogens (tertiary/aromatic N) is 1. The highest BCUT2D eigenvalue weighted by Gasteiger charge is 2.32. The van der Waals surface area contributed by atoms with Crippen molar-refractivity contribution >= 4 is 5.97 Å². The lowest BCUT2D eigenvalue weighted by Crippen LogP contribution is -2.47. The molecule has 0 aliphatic carbocycles. The third kappa shape index (κ3) is 4.30. The van der Waals surface area contributed by atoms with Crippen LogP contribution in [0.5, 0.6) is 0 Å². The Morgan fingerprint density at radius 2 is 2.10 bits per heavy atom. The fraction of sp³-hybridized carbons (Fsp3) is 0.533. The number of carboxylic acids is 1. The molecule has 1 aromatic carbocycles. The number of hydrogen-bond donors (Lipinski definition) is 2. The van der Waals surface area contributed by atoms with Gasteiger partial charge in [-0.25, -0.2) is 0 Å². The van der Waals surface area contributed by atoms with Gasteiger partial charge >= 0.3 is 5.97 Å². The molecule has 1 fully saturated rings. The monoisotopic (exact) mass is 279 g/mol. The van der Waals surface area contributed by atoms with Crippen molar-refractivity contribution in [2.75, 3.05) is 26.2 Å². The van der Waals surface area contributed by atoms with E-state index in [2.05, 4.69) is 4.90 Å². The maximum atomic E-state index is 10.9. The number of benzene rings is 1. The first kappa shape index (κ1) is 15.0. The number of piperidine rings is 1. The van der Waals surface area contributed by atoms with Crippen LogP contribution in [-0.2, 0) is 16.1 Å². The van der Waals surface area contributed by atoms with Gasteiger partial charge in [-0.2, -0.15) is 0 Å². The molecule has 2 atom stereocenters. The molecular formula is C15H21NO4. The zero-order valence-electron chi connectivity index (χ0n) is 11.4. The molecule has 1 saturated heterocycles. The Morgan fingerprint density at radius 3 is 2.75 bits per heavy atom. The van der Waals surface area contributed by atoms with Gasteiger partial charge in [-0.05, 0) is 18.5 Å². The van der Waals surface area contributed by atoms with Crippen molar-refractivity contribution < 1.29 is 19.7 Å². The normalized spacial score (nSPS) is 23.6. The Bertz CT molecular complexity index is 423. The quantitative estimate of drug-likeness (QED) is 0.759. The molecule has 2 N–H and O–H groups in total. The number of rotatable bonds is 6. The summed E-state index contributed by atoms with van der Waals surface area (Å²) in [5, 5.41) is 18.7. The summed E-state index contributed by atoms with van der Waals surface area (Å²) >= 11 is 0. The maximum absolute atomic E-state index is 10.9. The average Bonchev–Trinajstić information content (AvgIpc) is 2.44. The van der Waals surface area contributed by atoms with E-state index in [1.807, 2.05) is 30.3 Å². The first-order chi connectivity index (χ1) is 9.66. The van der Waals surface area contributed by atoms with Crippen molar-refractivity contribution in [2.24, 2.45) is 5.92 Å². The Labute approximate surface area is 118 Å². The van der Waals surface area contributed by atoms with Crippen LogP contribution in [0.15, 0.2) is 30.3 Å². The molecule has 1 heterocycles. The third-order valence-electron chi connectivity index (χ3n) is 3.65. The molecule has 110 valence electrons. The molecule has 0 bridgehead atoms. The van der Waals surface area contributed by atoms with Gasteiger partial charge in [-0.1, -0.05) is 30.3 Å². The Balaban J connectivity index is 1.65. The number of aliphatic hydroxyl groups is 1. The largest absolute Gasteiger partial charge is 0.481 e. The number of ether oxygens (including phenoxy) is 1. The summed E-state index contributed by atoms with van der Waals surface area (Å²) < 4.78 is 5.59. The molecule has 0 saturated carbocycles. The summed E-state index contributed by atoms with van der Waals surface area (Å²) in [4.78, 5) is 12.9. The summed E-state index contributed by atoms with van der Waals surface area (Å²) in [6.45, 7) is 2.99. The SMILES string of the molecule is O=C(O)[C@H]1CCN(CCOCc2ccccc2)C[C@H]1O. The molecular weight excluding hydrogens is 258 g/mol. The summed E-state index contributed by atoms with van der Waals surface area (Å²) in [5.41, 5.74) is 1.14. The van der Waals surface area contributed by atoms with Gasteiger partial charge in [-0.3, -0.25) is 9.69 Å². The third-order valence-corrected chi connectivity index (χ3v) is 3.65. The van der Waals surface area contributed by atoms with Crippen LogP contribution in [0.3, 0.4) is 0 Å². The highest BCUT2D eigenvalue weighted by molar-refractivity contribution is 5.70.